The van der Waals surface area contributed by atoms with Crippen LogP contribution in [0.15, 0.2) is 30.3 Å². The van der Waals surface area contributed by atoms with Gasteiger partial charge in [0.25, 0.3) is 0 Å². The van der Waals surface area contributed by atoms with Crippen molar-refractivity contribution in [3.8, 4) is 23.0 Å². The summed E-state index contributed by atoms with van der Waals surface area (Å²) in [6.07, 6.45) is 0.869. The Morgan fingerprint density at radius 2 is 1.35 bits per heavy atom. The lowest BCUT2D eigenvalue weighted by molar-refractivity contribution is 0.403. The van der Waals surface area contributed by atoms with Gasteiger partial charge in [0.05, 0.1) is 0 Å². The van der Waals surface area contributed by atoms with Crippen LogP contribution in [0.5, 0.6) is 23.0 Å². The fourth-order valence-corrected chi connectivity index (χ4v) is 1.72. The van der Waals surface area contributed by atoms with Crippen LogP contribution in [0, 0.1) is 13.8 Å². The molecule has 0 aliphatic heterocycles. The van der Waals surface area contributed by atoms with Crippen molar-refractivity contribution in [3.05, 3.63) is 47.0 Å². The number of phenols is 4. The average molecular weight is 276 g/mol. The number of rotatable bonds is 1. The summed E-state index contributed by atoms with van der Waals surface area (Å²) < 4.78 is 0. The quantitative estimate of drug-likeness (QED) is 0.475. The maximum Gasteiger partial charge on any atom is 0.157 e. The molecule has 0 aliphatic rings. The number of phenolic OH excluding ortho intramolecular Hbond substituents is 4. The van der Waals surface area contributed by atoms with Crippen LogP contribution in [0.3, 0.4) is 0 Å². The molecule has 4 heteroatoms. The Kier molecular flexibility index (Phi) is 5.26. The first-order valence-electron chi connectivity index (χ1n) is 6.35. The van der Waals surface area contributed by atoms with Gasteiger partial charge in [-0.25, -0.2) is 0 Å². The van der Waals surface area contributed by atoms with Crippen molar-refractivity contribution in [2.75, 3.05) is 0 Å². The maximum absolute atomic E-state index is 9.22. The standard InChI is InChI=1S/2C8H10O2/c1-5-3-7(9)4-6(2)8(5)10;1-2-6-3-4-7(9)8(10)5-6/h3-4,9-10H,1-2H3;3-5,9-10H,2H2,1H3. The second-order valence-corrected chi connectivity index (χ2v) is 4.60. The summed E-state index contributed by atoms with van der Waals surface area (Å²) in [6, 6.07) is 7.91. The number of aryl methyl sites for hydroxylation is 3. The number of benzene rings is 2. The lowest BCUT2D eigenvalue weighted by atomic mass is 10.1. The summed E-state index contributed by atoms with van der Waals surface area (Å²) >= 11 is 0. The normalized spacial score (nSPS) is 9.75. The zero-order chi connectivity index (χ0) is 15.3. The van der Waals surface area contributed by atoms with Gasteiger partial charge in [-0.05, 0) is 61.2 Å². The Labute approximate surface area is 118 Å². The molecule has 0 radical (unpaired) electrons. The van der Waals surface area contributed by atoms with Crippen LogP contribution < -0.4 is 0 Å². The molecule has 0 amide bonds. The second kappa shape index (κ2) is 6.70. The molecule has 0 fully saturated rings. The summed E-state index contributed by atoms with van der Waals surface area (Å²) in [5.74, 6) is 0.363. The van der Waals surface area contributed by atoms with Crippen molar-refractivity contribution in [2.24, 2.45) is 0 Å². The predicted octanol–water partition coefficient (Wildman–Crippen LogP) is 3.37. The third-order valence-corrected chi connectivity index (χ3v) is 2.92. The van der Waals surface area contributed by atoms with Gasteiger partial charge >= 0.3 is 0 Å². The van der Waals surface area contributed by atoms with Gasteiger partial charge < -0.3 is 20.4 Å². The van der Waals surface area contributed by atoms with Crippen molar-refractivity contribution >= 4 is 0 Å². The summed E-state index contributed by atoms with van der Waals surface area (Å²) in [5.41, 5.74) is 2.44. The van der Waals surface area contributed by atoms with E-state index in [4.69, 9.17) is 15.3 Å². The minimum absolute atomic E-state index is 0.0423. The second-order valence-electron chi connectivity index (χ2n) is 4.60. The van der Waals surface area contributed by atoms with E-state index < -0.39 is 0 Å². The number of hydrogen-bond acceptors (Lipinski definition) is 4. The van der Waals surface area contributed by atoms with Gasteiger partial charge in [0.15, 0.2) is 11.5 Å². The van der Waals surface area contributed by atoms with E-state index in [1.54, 1.807) is 26.0 Å². The molecule has 0 atom stereocenters. The summed E-state index contributed by atoms with van der Waals surface area (Å²) in [6.45, 7) is 5.50. The zero-order valence-electron chi connectivity index (χ0n) is 11.9. The molecule has 0 aromatic heterocycles. The van der Waals surface area contributed by atoms with Crippen molar-refractivity contribution in [1.82, 2.24) is 0 Å². The first kappa shape index (κ1) is 15.7. The van der Waals surface area contributed by atoms with Gasteiger partial charge in [0.1, 0.15) is 11.5 Å². The average Bonchev–Trinajstić information content (AvgIpc) is 2.40. The largest absolute Gasteiger partial charge is 0.508 e. The molecule has 0 unspecified atom stereocenters. The molecule has 2 aromatic carbocycles. The van der Waals surface area contributed by atoms with Crippen molar-refractivity contribution in [1.29, 1.82) is 0 Å². The highest BCUT2D eigenvalue weighted by molar-refractivity contribution is 5.44. The lowest BCUT2D eigenvalue weighted by Crippen LogP contribution is -1.78. The molecule has 0 aliphatic carbocycles. The molecule has 0 bridgehead atoms. The molecule has 0 heterocycles. The first-order valence-corrected chi connectivity index (χ1v) is 6.35. The molecule has 4 nitrogen and oxygen atoms in total. The molecular weight excluding hydrogens is 256 g/mol. The molecular formula is C16H20O4. The molecule has 0 saturated carbocycles. The van der Waals surface area contributed by atoms with E-state index in [2.05, 4.69) is 0 Å². The predicted molar refractivity (Wildman–Crippen MR) is 78.4 cm³/mol. The van der Waals surface area contributed by atoms with E-state index in [-0.39, 0.29) is 23.0 Å². The Morgan fingerprint density at radius 3 is 1.80 bits per heavy atom. The molecule has 108 valence electrons. The number of hydrogen-bond donors (Lipinski definition) is 4. The highest BCUT2D eigenvalue weighted by Crippen LogP contribution is 2.26. The first-order chi connectivity index (χ1) is 9.35. The van der Waals surface area contributed by atoms with Crippen molar-refractivity contribution in [2.45, 2.75) is 27.2 Å². The fraction of sp³-hybridized carbons (Fsp3) is 0.250. The topological polar surface area (TPSA) is 80.9 Å². The van der Waals surface area contributed by atoms with Crippen molar-refractivity contribution < 1.29 is 20.4 Å². The van der Waals surface area contributed by atoms with Crippen LogP contribution in [-0.4, -0.2) is 20.4 Å². The SMILES string of the molecule is CCc1ccc(O)c(O)c1.Cc1cc(O)cc(C)c1O. The molecule has 4 N–H and O–H groups in total. The smallest absolute Gasteiger partial charge is 0.157 e. The highest BCUT2D eigenvalue weighted by Gasteiger charge is 2.00. The van der Waals surface area contributed by atoms with E-state index in [9.17, 15) is 5.11 Å². The third-order valence-electron chi connectivity index (χ3n) is 2.92. The van der Waals surface area contributed by atoms with Crippen LogP contribution in [-0.2, 0) is 6.42 Å². The highest BCUT2D eigenvalue weighted by atomic mass is 16.3. The fourth-order valence-electron chi connectivity index (χ4n) is 1.72. The molecule has 0 saturated heterocycles. The van der Waals surface area contributed by atoms with Crippen LogP contribution in [0.1, 0.15) is 23.6 Å². The third kappa shape index (κ3) is 4.09. The minimum Gasteiger partial charge on any atom is -0.508 e. The zero-order valence-corrected chi connectivity index (χ0v) is 11.9. The summed E-state index contributed by atoms with van der Waals surface area (Å²) in [4.78, 5) is 0. The molecule has 2 aromatic rings. The van der Waals surface area contributed by atoms with E-state index in [0.29, 0.717) is 11.1 Å². The van der Waals surface area contributed by atoms with Gasteiger partial charge in [-0.15, -0.1) is 0 Å². The van der Waals surface area contributed by atoms with Crippen LogP contribution in [0.4, 0.5) is 0 Å². The van der Waals surface area contributed by atoms with E-state index >= 15 is 0 Å². The van der Waals surface area contributed by atoms with Crippen LogP contribution >= 0.6 is 0 Å². The van der Waals surface area contributed by atoms with Crippen LogP contribution in [0.25, 0.3) is 0 Å². The number of aromatic hydroxyl groups is 4. The van der Waals surface area contributed by atoms with Gasteiger partial charge in [-0.1, -0.05) is 13.0 Å². The van der Waals surface area contributed by atoms with Gasteiger partial charge in [-0.2, -0.15) is 0 Å². The Balaban J connectivity index is 0.000000200. The molecule has 2 rings (SSSR count). The Bertz CT molecular complexity index is 568. The van der Waals surface area contributed by atoms with Gasteiger partial charge in [-0.3, -0.25) is 0 Å². The minimum atomic E-state index is -0.0581. The van der Waals surface area contributed by atoms with E-state index in [1.165, 1.54) is 18.2 Å². The summed E-state index contributed by atoms with van der Waals surface area (Å²) in [7, 11) is 0. The van der Waals surface area contributed by atoms with E-state index in [1.807, 2.05) is 6.92 Å². The Morgan fingerprint density at radius 1 is 0.800 bits per heavy atom. The summed E-state index contributed by atoms with van der Waals surface area (Å²) in [5, 5.41) is 36.1. The maximum atomic E-state index is 9.22. The van der Waals surface area contributed by atoms with Crippen LogP contribution in [0.2, 0.25) is 0 Å². The van der Waals surface area contributed by atoms with Gasteiger partial charge in [0.2, 0.25) is 0 Å². The van der Waals surface area contributed by atoms with E-state index in [0.717, 1.165) is 12.0 Å². The monoisotopic (exact) mass is 276 g/mol. The molecule has 0 spiro atoms. The van der Waals surface area contributed by atoms with Crippen molar-refractivity contribution in [3.63, 3.8) is 0 Å². The Hall–Kier alpha value is -2.36. The molecule has 20 heavy (non-hydrogen) atoms. The lowest BCUT2D eigenvalue weighted by Gasteiger charge is -2.02. The van der Waals surface area contributed by atoms with Gasteiger partial charge in [0, 0.05) is 0 Å².